The highest BCUT2D eigenvalue weighted by molar-refractivity contribution is 6.31. The van der Waals surface area contributed by atoms with E-state index in [1.54, 1.807) is 18.2 Å². The maximum absolute atomic E-state index is 12.6. The molecule has 0 unspecified atom stereocenters. The van der Waals surface area contributed by atoms with Crippen molar-refractivity contribution in [1.82, 2.24) is 4.98 Å². The molecule has 0 aliphatic rings. The van der Waals surface area contributed by atoms with Crippen LogP contribution in [0.2, 0.25) is 5.02 Å². The first-order valence-electron chi connectivity index (χ1n) is 3.46. The first-order valence-corrected chi connectivity index (χ1v) is 3.84. The third-order valence-corrected chi connectivity index (χ3v) is 1.85. The van der Waals surface area contributed by atoms with Gasteiger partial charge in [0.1, 0.15) is 5.82 Å². The predicted octanol–water partition coefficient (Wildman–Crippen LogP) is 3.03. The monoisotopic (exact) mass is 181 g/mol. The van der Waals surface area contributed by atoms with Gasteiger partial charge in [-0.1, -0.05) is 17.7 Å². The minimum Gasteiger partial charge on any atom is -0.253 e. The summed E-state index contributed by atoms with van der Waals surface area (Å²) in [7, 11) is 0. The van der Waals surface area contributed by atoms with Crippen LogP contribution in [-0.4, -0.2) is 4.98 Å². The highest BCUT2D eigenvalue weighted by atomic mass is 35.5. The van der Waals surface area contributed by atoms with Crippen molar-refractivity contribution in [3.8, 4) is 0 Å². The van der Waals surface area contributed by atoms with E-state index in [1.807, 2.05) is 0 Å². The maximum atomic E-state index is 12.6. The van der Waals surface area contributed by atoms with Crippen molar-refractivity contribution < 1.29 is 4.39 Å². The Morgan fingerprint density at radius 1 is 1.25 bits per heavy atom. The molecule has 0 radical (unpaired) electrons. The Hall–Kier alpha value is -1.15. The number of nitrogens with zero attached hydrogens (tertiary/aromatic N) is 1. The number of aromatic nitrogens is 1. The lowest BCUT2D eigenvalue weighted by atomic mass is 10.2. The molecule has 0 saturated carbocycles. The van der Waals surface area contributed by atoms with E-state index < -0.39 is 0 Å². The molecule has 0 saturated heterocycles. The summed E-state index contributed by atoms with van der Waals surface area (Å²) in [5.74, 6) is -0.329. The fourth-order valence-corrected chi connectivity index (χ4v) is 1.23. The van der Waals surface area contributed by atoms with Gasteiger partial charge in [-0.15, -0.1) is 0 Å². The second-order valence-electron chi connectivity index (χ2n) is 2.49. The topological polar surface area (TPSA) is 12.9 Å². The normalized spacial score (nSPS) is 10.5. The molecule has 12 heavy (non-hydrogen) atoms. The third-order valence-electron chi connectivity index (χ3n) is 1.61. The molecule has 0 aliphatic carbocycles. The van der Waals surface area contributed by atoms with E-state index in [0.717, 1.165) is 5.39 Å². The number of pyridine rings is 1. The molecule has 0 N–H and O–H groups in total. The number of hydrogen-bond donors (Lipinski definition) is 0. The molecule has 1 aromatic carbocycles. The smallest absolute Gasteiger partial charge is 0.142 e. The second-order valence-corrected chi connectivity index (χ2v) is 2.93. The Kier molecular flexibility index (Phi) is 1.70. The summed E-state index contributed by atoms with van der Waals surface area (Å²) in [5.41, 5.74) is 0.712. The fraction of sp³-hybridized carbons (Fsp3) is 0. The van der Waals surface area contributed by atoms with E-state index in [4.69, 9.17) is 11.6 Å². The van der Waals surface area contributed by atoms with Crippen LogP contribution in [0.1, 0.15) is 0 Å². The van der Waals surface area contributed by atoms with E-state index in [9.17, 15) is 4.39 Å². The predicted molar refractivity (Wildman–Crippen MR) is 46.7 cm³/mol. The highest BCUT2D eigenvalue weighted by Gasteiger charge is 1.96. The van der Waals surface area contributed by atoms with Gasteiger partial charge in [-0.2, -0.15) is 0 Å². The summed E-state index contributed by atoms with van der Waals surface area (Å²) in [5, 5.41) is 1.38. The van der Waals surface area contributed by atoms with Gasteiger partial charge >= 0.3 is 0 Å². The summed E-state index contributed by atoms with van der Waals surface area (Å²) in [4.78, 5) is 3.88. The van der Waals surface area contributed by atoms with Crippen LogP contribution < -0.4 is 0 Å². The Labute approximate surface area is 73.8 Å². The van der Waals surface area contributed by atoms with Gasteiger partial charge in [0, 0.05) is 10.4 Å². The van der Waals surface area contributed by atoms with E-state index >= 15 is 0 Å². The van der Waals surface area contributed by atoms with Crippen LogP contribution in [0.3, 0.4) is 0 Å². The standard InChI is InChI=1S/C9H5ClFN/c10-7-2-1-6-3-8(11)5-12-9(6)4-7/h1-5H. The number of benzene rings is 1. The zero-order valence-electron chi connectivity index (χ0n) is 6.09. The van der Waals surface area contributed by atoms with Gasteiger partial charge in [0.2, 0.25) is 0 Å². The van der Waals surface area contributed by atoms with Crippen LogP contribution in [0.15, 0.2) is 30.5 Å². The van der Waals surface area contributed by atoms with Crippen molar-refractivity contribution in [2.24, 2.45) is 0 Å². The van der Waals surface area contributed by atoms with Crippen LogP contribution in [0.4, 0.5) is 4.39 Å². The van der Waals surface area contributed by atoms with E-state index in [2.05, 4.69) is 4.98 Å². The minimum atomic E-state index is -0.329. The Morgan fingerprint density at radius 2 is 2.08 bits per heavy atom. The molecule has 1 heterocycles. The molecule has 0 fully saturated rings. The van der Waals surface area contributed by atoms with Gasteiger partial charge in [-0.05, 0) is 18.2 Å². The molecular formula is C9H5ClFN. The zero-order chi connectivity index (χ0) is 8.55. The van der Waals surface area contributed by atoms with Crippen molar-refractivity contribution >= 4 is 22.5 Å². The van der Waals surface area contributed by atoms with Gasteiger partial charge in [-0.25, -0.2) is 4.39 Å². The molecule has 0 amide bonds. The zero-order valence-corrected chi connectivity index (χ0v) is 6.85. The van der Waals surface area contributed by atoms with E-state index in [-0.39, 0.29) is 5.82 Å². The van der Waals surface area contributed by atoms with Crippen LogP contribution in [0.25, 0.3) is 10.9 Å². The lowest BCUT2D eigenvalue weighted by Gasteiger charge is -1.96. The Balaban J connectivity index is 2.79. The molecule has 0 bridgehead atoms. The first-order chi connectivity index (χ1) is 5.75. The summed E-state index contributed by atoms with van der Waals surface area (Å²) < 4.78 is 12.6. The quantitative estimate of drug-likeness (QED) is 0.609. The lowest BCUT2D eigenvalue weighted by Crippen LogP contribution is -1.80. The Bertz CT molecular complexity index is 387. The number of hydrogen-bond acceptors (Lipinski definition) is 1. The number of fused-ring (bicyclic) bond motifs is 1. The van der Waals surface area contributed by atoms with Crippen LogP contribution in [0.5, 0.6) is 0 Å². The number of halogens is 2. The van der Waals surface area contributed by atoms with Crippen LogP contribution in [0, 0.1) is 5.82 Å². The van der Waals surface area contributed by atoms with Gasteiger partial charge < -0.3 is 0 Å². The molecular weight excluding hydrogens is 177 g/mol. The molecule has 0 aliphatic heterocycles. The van der Waals surface area contributed by atoms with Crippen molar-refractivity contribution in [3.05, 3.63) is 41.3 Å². The van der Waals surface area contributed by atoms with Gasteiger partial charge in [-0.3, -0.25) is 4.98 Å². The molecule has 1 nitrogen and oxygen atoms in total. The van der Waals surface area contributed by atoms with Crippen LogP contribution >= 0.6 is 11.6 Å². The number of rotatable bonds is 0. The minimum absolute atomic E-state index is 0.329. The molecule has 1 aromatic heterocycles. The highest BCUT2D eigenvalue weighted by Crippen LogP contribution is 2.17. The lowest BCUT2D eigenvalue weighted by molar-refractivity contribution is 0.624. The van der Waals surface area contributed by atoms with Crippen molar-refractivity contribution in [3.63, 3.8) is 0 Å². The SMILES string of the molecule is Fc1cnc2cc(Cl)ccc2c1. The van der Waals surface area contributed by atoms with E-state index in [0.29, 0.717) is 10.5 Å². The summed E-state index contributed by atoms with van der Waals surface area (Å²) in [6.45, 7) is 0. The average molecular weight is 182 g/mol. The molecule has 2 aromatic rings. The van der Waals surface area contributed by atoms with Crippen molar-refractivity contribution in [2.45, 2.75) is 0 Å². The third kappa shape index (κ3) is 1.25. The largest absolute Gasteiger partial charge is 0.253 e. The van der Waals surface area contributed by atoms with Gasteiger partial charge in [0.25, 0.3) is 0 Å². The molecule has 3 heteroatoms. The summed E-state index contributed by atoms with van der Waals surface area (Å²) in [6.07, 6.45) is 1.18. The average Bonchev–Trinajstić information content (AvgIpc) is 2.05. The molecule has 2 rings (SSSR count). The molecule has 0 atom stereocenters. The van der Waals surface area contributed by atoms with Crippen LogP contribution in [-0.2, 0) is 0 Å². The summed E-state index contributed by atoms with van der Waals surface area (Å²) >= 11 is 5.72. The molecule has 0 spiro atoms. The summed E-state index contributed by atoms with van der Waals surface area (Å²) in [6, 6.07) is 6.59. The first kappa shape index (κ1) is 7.50. The van der Waals surface area contributed by atoms with Gasteiger partial charge in [0.15, 0.2) is 0 Å². The van der Waals surface area contributed by atoms with Gasteiger partial charge in [0.05, 0.1) is 11.7 Å². The Morgan fingerprint density at radius 3 is 2.92 bits per heavy atom. The van der Waals surface area contributed by atoms with Crippen molar-refractivity contribution in [2.75, 3.05) is 0 Å². The second kappa shape index (κ2) is 2.72. The van der Waals surface area contributed by atoms with Crippen molar-refractivity contribution in [1.29, 1.82) is 0 Å². The fourth-order valence-electron chi connectivity index (χ4n) is 1.07. The maximum Gasteiger partial charge on any atom is 0.142 e. The molecule has 60 valence electrons. The van der Waals surface area contributed by atoms with E-state index in [1.165, 1.54) is 12.3 Å².